The smallest absolute Gasteiger partial charge is 0.412 e. The van der Waals surface area contributed by atoms with Gasteiger partial charge in [-0.05, 0) is 43.9 Å². The molecule has 0 radical (unpaired) electrons. The third kappa shape index (κ3) is 3.29. The van der Waals surface area contributed by atoms with Crippen LogP contribution < -0.4 is 10.1 Å². The van der Waals surface area contributed by atoms with Gasteiger partial charge in [0.1, 0.15) is 11.9 Å². The second-order valence-electron chi connectivity index (χ2n) is 4.28. The van der Waals surface area contributed by atoms with Crippen molar-refractivity contribution in [2.24, 2.45) is 0 Å². The van der Waals surface area contributed by atoms with Crippen molar-refractivity contribution in [3.8, 4) is 5.75 Å². The first kappa shape index (κ1) is 13.0. The predicted molar refractivity (Wildman–Crippen MR) is 70.4 cm³/mol. The molecule has 1 aromatic rings. The lowest BCUT2D eigenvalue weighted by Crippen LogP contribution is -2.20. The van der Waals surface area contributed by atoms with E-state index in [1.807, 2.05) is 0 Å². The van der Waals surface area contributed by atoms with Gasteiger partial charge in [-0.25, -0.2) is 4.79 Å². The van der Waals surface area contributed by atoms with Gasteiger partial charge < -0.3 is 9.47 Å². The number of hydrogen-bond acceptors (Lipinski definition) is 3. The third-order valence-corrected chi connectivity index (χ3v) is 3.21. The highest BCUT2D eigenvalue weighted by Gasteiger charge is 2.19. The maximum atomic E-state index is 11.7. The van der Waals surface area contributed by atoms with Crippen molar-refractivity contribution in [1.82, 2.24) is 0 Å². The Morgan fingerprint density at radius 3 is 2.78 bits per heavy atom. The van der Waals surface area contributed by atoms with E-state index in [1.54, 1.807) is 18.2 Å². The number of nitrogens with one attached hydrogen (secondary N) is 1. The fourth-order valence-corrected chi connectivity index (χ4v) is 2.25. The van der Waals surface area contributed by atoms with Gasteiger partial charge in [0.05, 0.1) is 12.8 Å². The molecule has 1 saturated carbocycles. The summed E-state index contributed by atoms with van der Waals surface area (Å²) in [7, 11) is 1.54. The van der Waals surface area contributed by atoms with Gasteiger partial charge in [-0.2, -0.15) is 0 Å². The molecule has 0 heterocycles. The number of benzene rings is 1. The quantitative estimate of drug-likeness (QED) is 0.907. The van der Waals surface area contributed by atoms with Crippen LogP contribution in [0.25, 0.3) is 0 Å². The number of ether oxygens (including phenoxy) is 2. The van der Waals surface area contributed by atoms with E-state index in [0.29, 0.717) is 16.5 Å². The summed E-state index contributed by atoms with van der Waals surface area (Å²) in [5.41, 5.74) is 0.521. The summed E-state index contributed by atoms with van der Waals surface area (Å²) in [5, 5.41) is 3.19. The second kappa shape index (κ2) is 5.96. The largest absolute Gasteiger partial charge is 0.495 e. The minimum Gasteiger partial charge on any atom is -0.495 e. The van der Waals surface area contributed by atoms with Crippen LogP contribution in [0.1, 0.15) is 25.7 Å². The van der Waals surface area contributed by atoms with Crippen LogP contribution in [0.3, 0.4) is 0 Å². The molecular formula is C13H16ClNO3. The molecule has 0 aromatic heterocycles. The maximum absolute atomic E-state index is 11.7. The van der Waals surface area contributed by atoms with E-state index in [4.69, 9.17) is 21.1 Å². The van der Waals surface area contributed by atoms with Crippen molar-refractivity contribution in [2.75, 3.05) is 12.4 Å². The van der Waals surface area contributed by atoms with Gasteiger partial charge in [-0.3, -0.25) is 5.32 Å². The predicted octanol–water partition coefficient (Wildman–Crippen LogP) is 3.84. The van der Waals surface area contributed by atoms with Crippen molar-refractivity contribution in [3.63, 3.8) is 0 Å². The Bertz CT molecular complexity index is 430. The van der Waals surface area contributed by atoms with Gasteiger partial charge in [0, 0.05) is 5.02 Å². The molecule has 1 aromatic carbocycles. The fourth-order valence-electron chi connectivity index (χ4n) is 2.07. The molecule has 0 bridgehead atoms. The highest BCUT2D eigenvalue weighted by Crippen LogP contribution is 2.28. The molecule has 5 heteroatoms. The standard InChI is InChI=1S/C13H16ClNO3/c1-17-12-7-6-9(14)8-11(12)15-13(16)18-10-4-2-3-5-10/h6-8,10H,2-5H2,1H3,(H,15,16). The summed E-state index contributed by atoms with van der Waals surface area (Å²) in [6.45, 7) is 0. The lowest BCUT2D eigenvalue weighted by Gasteiger charge is -2.14. The monoisotopic (exact) mass is 269 g/mol. The van der Waals surface area contributed by atoms with Gasteiger partial charge in [-0.1, -0.05) is 11.6 Å². The van der Waals surface area contributed by atoms with Crippen molar-refractivity contribution in [1.29, 1.82) is 0 Å². The fraction of sp³-hybridized carbons (Fsp3) is 0.462. The number of methoxy groups -OCH3 is 1. The first-order valence-corrected chi connectivity index (χ1v) is 6.38. The number of carbonyl (C=O) groups excluding carboxylic acids is 1. The molecule has 1 amide bonds. The molecule has 98 valence electrons. The zero-order valence-electron chi connectivity index (χ0n) is 10.2. The molecule has 0 aliphatic heterocycles. The number of rotatable bonds is 3. The van der Waals surface area contributed by atoms with Crippen LogP contribution in [-0.4, -0.2) is 19.3 Å². The van der Waals surface area contributed by atoms with E-state index >= 15 is 0 Å². The minimum absolute atomic E-state index is 0.0372. The zero-order valence-corrected chi connectivity index (χ0v) is 11.0. The molecule has 0 unspecified atom stereocenters. The van der Waals surface area contributed by atoms with Crippen molar-refractivity contribution >= 4 is 23.4 Å². The van der Waals surface area contributed by atoms with Crippen molar-refractivity contribution in [2.45, 2.75) is 31.8 Å². The van der Waals surface area contributed by atoms with Crippen LogP contribution >= 0.6 is 11.6 Å². The van der Waals surface area contributed by atoms with Crippen molar-refractivity contribution in [3.05, 3.63) is 23.2 Å². The summed E-state index contributed by atoms with van der Waals surface area (Å²) in [6, 6.07) is 5.04. The van der Waals surface area contributed by atoms with Crippen LogP contribution in [0.2, 0.25) is 5.02 Å². The zero-order chi connectivity index (χ0) is 13.0. The molecule has 18 heavy (non-hydrogen) atoms. The Morgan fingerprint density at radius 2 is 2.11 bits per heavy atom. The molecule has 0 saturated heterocycles. The highest BCUT2D eigenvalue weighted by atomic mass is 35.5. The lowest BCUT2D eigenvalue weighted by atomic mass is 10.3. The molecule has 4 nitrogen and oxygen atoms in total. The Kier molecular flexibility index (Phi) is 4.31. The molecule has 2 rings (SSSR count). The SMILES string of the molecule is COc1ccc(Cl)cc1NC(=O)OC1CCCC1. The van der Waals surface area contributed by atoms with Crippen LogP contribution in [-0.2, 0) is 4.74 Å². The first-order valence-electron chi connectivity index (χ1n) is 6.00. The normalized spacial score (nSPS) is 15.4. The van der Waals surface area contributed by atoms with Crippen LogP contribution in [0.15, 0.2) is 18.2 Å². The number of carbonyl (C=O) groups is 1. The molecule has 0 spiro atoms. The van der Waals surface area contributed by atoms with Crippen LogP contribution in [0, 0.1) is 0 Å². The molecule has 1 fully saturated rings. The summed E-state index contributed by atoms with van der Waals surface area (Å²) in [5.74, 6) is 0.558. The van der Waals surface area contributed by atoms with E-state index in [9.17, 15) is 4.79 Å². The van der Waals surface area contributed by atoms with Gasteiger partial charge in [-0.15, -0.1) is 0 Å². The average Bonchev–Trinajstić information content (AvgIpc) is 2.82. The topological polar surface area (TPSA) is 47.6 Å². The van der Waals surface area contributed by atoms with Crippen LogP contribution in [0.5, 0.6) is 5.75 Å². The third-order valence-electron chi connectivity index (χ3n) is 2.97. The number of amides is 1. The highest BCUT2D eigenvalue weighted by molar-refractivity contribution is 6.31. The number of anilines is 1. The van der Waals surface area contributed by atoms with E-state index in [2.05, 4.69) is 5.32 Å². The summed E-state index contributed by atoms with van der Waals surface area (Å²) in [4.78, 5) is 11.7. The summed E-state index contributed by atoms with van der Waals surface area (Å²) < 4.78 is 10.4. The Morgan fingerprint density at radius 1 is 1.39 bits per heavy atom. The molecule has 0 atom stereocenters. The molecule has 1 aliphatic carbocycles. The van der Waals surface area contributed by atoms with E-state index in [0.717, 1.165) is 25.7 Å². The number of hydrogen-bond donors (Lipinski definition) is 1. The maximum Gasteiger partial charge on any atom is 0.412 e. The summed E-state index contributed by atoms with van der Waals surface area (Å²) in [6.07, 6.45) is 3.72. The minimum atomic E-state index is -0.456. The lowest BCUT2D eigenvalue weighted by molar-refractivity contribution is 0.114. The summed E-state index contributed by atoms with van der Waals surface area (Å²) >= 11 is 5.88. The molecule has 1 N–H and O–H groups in total. The van der Waals surface area contributed by atoms with E-state index < -0.39 is 6.09 Å². The van der Waals surface area contributed by atoms with Gasteiger partial charge in [0.25, 0.3) is 0 Å². The molecular weight excluding hydrogens is 254 g/mol. The Labute approximate surface area is 111 Å². The van der Waals surface area contributed by atoms with Crippen molar-refractivity contribution < 1.29 is 14.3 Å². The Balaban J connectivity index is 1.99. The van der Waals surface area contributed by atoms with E-state index in [1.165, 1.54) is 7.11 Å². The first-order chi connectivity index (χ1) is 8.69. The van der Waals surface area contributed by atoms with Gasteiger partial charge in [0.2, 0.25) is 0 Å². The van der Waals surface area contributed by atoms with E-state index in [-0.39, 0.29) is 6.10 Å². The van der Waals surface area contributed by atoms with Gasteiger partial charge >= 0.3 is 6.09 Å². The average molecular weight is 270 g/mol. The van der Waals surface area contributed by atoms with Crippen LogP contribution in [0.4, 0.5) is 10.5 Å². The molecule has 1 aliphatic rings. The van der Waals surface area contributed by atoms with Gasteiger partial charge in [0.15, 0.2) is 0 Å². The Hall–Kier alpha value is -1.42. The second-order valence-corrected chi connectivity index (χ2v) is 4.72. The number of halogens is 1.